The first kappa shape index (κ1) is 20.6. The van der Waals surface area contributed by atoms with Crippen LogP contribution in [0.25, 0.3) is 0 Å². The predicted molar refractivity (Wildman–Crippen MR) is 102 cm³/mol. The number of imidazole rings is 1. The second kappa shape index (κ2) is 9.32. The Labute approximate surface area is 159 Å². The van der Waals surface area contributed by atoms with Gasteiger partial charge in [-0.1, -0.05) is 38.1 Å². The van der Waals surface area contributed by atoms with E-state index in [2.05, 4.69) is 10.3 Å². The molecule has 2 aromatic rings. The van der Waals surface area contributed by atoms with Crippen molar-refractivity contribution in [2.75, 3.05) is 0 Å². The van der Waals surface area contributed by atoms with Crippen LogP contribution in [0.1, 0.15) is 37.1 Å². The number of nitrogens with zero attached hydrogens (tertiary/aromatic N) is 2. The average Bonchev–Trinajstić information content (AvgIpc) is 3.01. The molecule has 3 N–H and O–H groups in total. The van der Waals surface area contributed by atoms with Crippen molar-refractivity contribution in [2.24, 2.45) is 5.92 Å². The Kier molecular flexibility index (Phi) is 7.12. The van der Waals surface area contributed by atoms with E-state index >= 15 is 0 Å². The highest BCUT2D eigenvalue weighted by atomic mass is 16.4. The van der Waals surface area contributed by atoms with Gasteiger partial charge in [0, 0.05) is 24.9 Å². The number of carboxylic acids is 2. The fourth-order valence-corrected chi connectivity index (χ4v) is 3.01. The van der Waals surface area contributed by atoms with Crippen molar-refractivity contribution in [3.63, 3.8) is 0 Å². The van der Waals surface area contributed by atoms with Crippen LogP contribution in [0, 0.1) is 12.8 Å². The quantitative estimate of drug-likeness (QED) is 0.590. The number of hydrogen-bond acceptors (Lipinski definition) is 4. The van der Waals surface area contributed by atoms with E-state index in [0.29, 0.717) is 13.0 Å². The molecule has 0 fully saturated rings. The maximum Gasteiger partial charge on any atom is 0.321 e. The number of rotatable bonds is 10. The molecule has 7 nitrogen and oxygen atoms in total. The van der Waals surface area contributed by atoms with Gasteiger partial charge in [0.2, 0.25) is 0 Å². The highest BCUT2D eigenvalue weighted by molar-refractivity contribution is 5.77. The van der Waals surface area contributed by atoms with Gasteiger partial charge in [-0.25, -0.2) is 4.98 Å². The van der Waals surface area contributed by atoms with Crippen LogP contribution in [0.5, 0.6) is 0 Å². The third-order valence-corrected chi connectivity index (χ3v) is 4.52. The van der Waals surface area contributed by atoms with Crippen LogP contribution in [0.2, 0.25) is 0 Å². The highest BCUT2D eigenvalue weighted by Crippen LogP contribution is 2.13. The second-order valence-electron chi connectivity index (χ2n) is 7.22. The predicted octanol–water partition coefficient (Wildman–Crippen LogP) is 2.32. The van der Waals surface area contributed by atoms with E-state index in [0.717, 1.165) is 16.8 Å². The standard InChI is InChI=1S/C20H27N3O4/c1-13(2)8-17(19(24)25)22-18(20(26)27)9-16-10-21-12-23(16)11-15-7-5-4-6-14(15)3/h4-7,10,12-13,17-18,22H,8-9,11H2,1-3H3,(H,24,25)(H,26,27). The Morgan fingerprint density at radius 2 is 1.81 bits per heavy atom. The summed E-state index contributed by atoms with van der Waals surface area (Å²) in [6.07, 6.45) is 3.82. The lowest BCUT2D eigenvalue weighted by Crippen LogP contribution is -2.49. The summed E-state index contributed by atoms with van der Waals surface area (Å²) < 4.78 is 1.90. The van der Waals surface area contributed by atoms with Crippen molar-refractivity contribution in [1.29, 1.82) is 0 Å². The average molecular weight is 373 g/mol. The van der Waals surface area contributed by atoms with Crippen molar-refractivity contribution >= 4 is 11.9 Å². The first-order chi connectivity index (χ1) is 12.8. The summed E-state index contributed by atoms with van der Waals surface area (Å²) in [5.74, 6) is -1.98. The summed E-state index contributed by atoms with van der Waals surface area (Å²) in [6.45, 7) is 6.43. The van der Waals surface area contributed by atoms with Crippen LogP contribution < -0.4 is 5.32 Å². The smallest absolute Gasteiger partial charge is 0.321 e. The molecule has 1 aromatic carbocycles. The van der Waals surface area contributed by atoms with E-state index < -0.39 is 24.0 Å². The van der Waals surface area contributed by atoms with Gasteiger partial charge < -0.3 is 14.8 Å². The molecule has 0 aliphatic rings. The largest absolute Gasteiger partial charge is 0.480 e. The summed E-state index contributed by atoms with van der Waals surface area (Å²) in [5.41, 5.74) is 3.01. The number of aryl methyl sites for hydroxylation is 1. The molecule has 27 heavy (non-hydrogen) atoms. The fourth-order valence-electron chi connectivity index (χ4n) is 3.01. The first-order valence-corrected chi connectivity index (χ1v) is 9.03. The Hall–Kier alpha value is -2.67. The van der Waals surface area contributed by atoms with E-state index in [-0.39, 0.29) is 12.3 Å². The topological polar surface area (TPSA) is 104 Å². The van der Waals surface area contributed by atoms with Crippen molar-refractivity contribution < 1.29 is 19.8 Å². The number of aromatic nitrogens is 2. The molecular weight excluding hydrogens is 346 g/mol. The molecule has 1 aromatic heterocycles. The summed E-state index contributed by atoms with van der Waals surface area (Å²) in [6, 6.07) is 6.07. The number of hydrogen-bond donors (Lipinski definition) is 3. The molecule has 0 saturated carbocycles. The molecular formula is C20H27N3O4. The van der Waals surface area contributed by atoms with Gasteiger partial charge in [-0.15, -0.1) is 0 Å². The lowest BCUT2D eigenvalue weighted by atomic mass is 10.0. The van der Waals surface area contributed by atoms with E-state index in [9.17, 15) is 19.8 Å². The number of aliphatic carboxylic acids is 2. The monoisotopic (exact) mass is 373 g/mol. The van der Waals surface area contributed by atoms with Gasteiger partial charge >= 0.3 is 11.9 Å². The van der Waals surface area contributed by atoms with Gasteiger partial charge in [0.15, 0.2) is 0 Å². The SMILES string of the molecule is Cc1ccccc1Cn1cncc1CC(NC(CC(C)C)C(=O)O)C(=O)O. The summed E-state index contributed by atoms with van der Waals surface area (Å²) >= 11 is 0. The normalized spacial score (nSPS) is 13.5. The molecule has 0 aliphatic carbocycles. The molecule has 0 saturated heterocycles. The van der Waals surface area contributed by atoms with Crippen LogP contribution in [0.15, 0.2) is 36.8 Å². The summed E-state index contributed by atoms with van der Waals surface area (Å²) in [7, 11) is 0. The maximum atomic E-state index is 11.7. The zero-order chi connectivity index (χ0) is 20.0. The Morgan fingerprint density at radius 1 is 1.15 bits per heavy atom. The Morgan fingerprint density at radius 3 is 2.41 bits per heavy atom. The zero-order valence-electron chi connectivity index (χ0n) is 15.9. The minimum atomic E-state index is -1.08. The van der Waals surface area contributed by atoms with Crippen LogP contribution in [0.4, 0.5) is 0 Å². The molecule has 1 heterocycles. The van der Waals surface area contributed by atoms with Crippen LogP contribution >= 0.6 is 0 Å². The minimum Gasteiger partial charge on any atom is -0.480 e. The molecule has 2 rings (SSSR count). The van der Waals surface area contributed by atoms with Gasteiger partial charge in [0.25, 0.3) is 0 Å². The lowest BCUT2D eigenvalue weighted by molar-refractivity contribution is -0.142. The second-order valence-corrected chi connectivity index (χ2v) is 7.22. The first-order valence-electron chi connectivity index (χ1n) is 9.03. The molecule has 0 aliphatic heterocycles. The van der Waals surface area contributed by atoms with Gasteiger partial charge in [-0.2, -0.15) is 0 Å². The third kappa shape index (κ3) is 5.92. The molecule has 0 amide bonds. The van der Waals surface area contributed by atoms with Crippen LogP contribution in [-0.2, 0) is 22.6 Å². The van der Waals surface area contributed by atoms with Crippen LogP contribution in [-0.4, -0.2) is 43.8 Å². The lowest BCUT2D eigenvalue weighted by Gasteiger charge is -2.22. The van der Waals surface area contributed by atoms with Crippen molar-refractivity contribution in [1.82, 2.24) is 14.9 Å². The number of carbonyl (C=O) groups is 2. The highest BCUT2D eigenvalue weighted by Gasteiger charge is 2.27. The molecule has 0 bridgehead atoms. The van der Waals surface area contributed by atoms with Gasteiger partial charge in [0.1, 0.15) is 12.1 Å². The van der Waals surface area contributed by atoms with E-state index in [1.54, 1.807) is 12.5 Å². The van der Waals surface area contributed by atoms with Crippen molar-refractivity contribution in [3.8, 4) is 0 Å². The maximum absolute atomic E-state index is 11.7. The summed E-state index contributed by atoms with van der Waals surface area (Å²) in [5, 5.41) is 21.7. The molecule has 0 spiro atoms. The Bertz CT molecular complexity index is 785. The molecule has 146 valence electrons. The molecule has 2 atom stereocenters. The molecule has 0 radical (unpaired) electrons. The fraction of sp³-hybridized carbons (Fsp3) is 0.450. The van der Waals surface area contributed by atoms with E-state index in [1.807, 2.05) is 49.6 Å². The zero-order valence-corrected chi connectivity index (χ0v) is 15.9. The molecule has 2 unspecified atom stereocenters. The van der Waals surface area contributed by atoms with Crippen molar-refractivity contribution in [3.05, 3.63) is 53.6 Å². The number of benzene rings is 1. The minimum absolute atomic E-state index is 0.139. The number of carboxylic acid groups (broad SMARTS) is 2. The van der Waals surface area contributed by atoms with Gasteiger partial charge in [0.05, 0.1) is 6.33 Å². The molecule has 7 heteroatoms. The van der Waals surface area contributed by atoms with Gasteiger partial charge in [-0.05, 0) is 30.4 Å². The van der Waals surface area contributed by atoms with Crippen molar-refractivity contribution in [2.45, 2.75) is 52.2 Å². The number of nitrogens with one attached hydrogen (secondary N) is 1. The van der Waals surface area contributed by atoms with E-state index in [1.165, 1.54) is 0 Å². The Balaban J connectivity index is 2.15. The summed E-state index contributed by atoms with van der Waals surface area (Å²) in [4.78, 5) is 27.3. The van der Waals surface area contributed by atoms with Crippen LogP contribution in [0.3, 0.4) is 0 Å². The third-order valence-electron chi connectivity index (χ3n) is 4.52. The van der Waals surface area contributed by atoms with E-state index in [4.69, 9.17) is 0 Å². The van der Waals surface area contributed by atoms with Gasteiger partial charge in [-0.3, -0.25) is 14.9 Å².